The molecule has 0 unspecified atom stereocenters. The minimum absolute atomic E-state index is 0.107. The second-order valence-corrected chi connectivity index (χ2v) is 28.1. The Morgan fingerprint density at radius 2 is 0.757 bits per heavy atom. The number of carbonyl (C=O) groups excluding carboxylic acids is 2. The molecule has 0 spiro atoms. The topological polar surface area (TPSA) is 80.3 Å². The predicted octanol–water partition coefficient (Wildman–Crippen LogP) is 8.24. The molecule has 4 nitrogen and oxygen atoms in total. The molecular weight excluding hydrogens is 694 g/mol. The number of unbranched alkanes of at least 4 members (excludes halogenated alkanes) is 6. The van der Waals surface area contributed by atoms with Crippen molar-refractivity contribution in [2.75, 3.05) is 0 Å². The number of carbonyl (C=O) groups is 2. The van der Waals surface area contributed by atoms with Crippen molar-refractivity contribution in [2.45, 2.75) is 145 Å². The van der Waals surface area contributed by atoms with Crippen molar-refractivity contribution in [1.82, 2.24) is 0 Å². The zero-order chi connectivity index (χ0) is 28.3. The van der Waals surface area contributed by atoms with Gasteiger partial charge in [0.15, 0.2) is 0 Å². The first kappa shape index (κ1) is 39.4. The van der Waals surface area contributed by atoms with Gasteiger partial charge in [0.2, 0.25) is 0 Å². The van der Waals surface area contributed by atoms with E-state index in [1.54, 1.807) is 26.6 Å². The summed E-state index contributed by atoms with van der Waals surface area (Å²) < 4.78 is 10.1. The Hall–Kier alpha value is 0.237. The fourth-order valence-corrected chi connectivity index (χ4v) is 23.4. The van der Waals surface area contributed by atoms with E-state index >= 15 is 0 Å². The van der Waals surface area contributed by atoms with Crippen LogP contribution in [0.15, 0.2) is 12.1 Å². The normalized spacial score (nSPS) is 10.1. The fraction of sp³-hybridized carbons (Fsp3) is 0.800. The van der Waals surface area contributed by atoms with Gasteiger partial charge in [0, 0.05) is 0 Å². The maximum absolute atomic E-state index is 10.1. The van der Waals surface area contributed by atoms with Crippen LogP contribution >= 0.6 is 11.3 Å². The van der Waals surface area contributed by atoms with E-state index in [9.17, 15) is 19.8 Å². The van der Waals surface area contributed by atoms with Gasteiger partial charge in [-0.15, -0.1) is 11.3 Å². The summed E-state index contributed by atoms with van der Waals surface area (Å²) >= 11 is -1.05. The maximum atomic E-state index is 10.1. The van der Waals surface area contributed by atoms with Crippen LogP contribution in [-0.2, 0) is 0 Å². The summed E-state index contributed by atoms with van der Waals surface area (Å²) in [5.74, 6) is -2.75. The second-order valence-electron chi connectivity index (χ2n) is 9.86. The van der Waals surface area contributed by atoms with Gasteiger partial charge >= 0.3 is 185 Å². The largest absolute Gasteiger partial charge is 0.544 e. The Morgan fingerprint density at radius 1 is 0.541 bits per heavy atom. The number of hydrogen-bond donors (Lipinski definition) is 0. The first-order valence-electron chi connectivity index (χ1n) is 15.0. The molecule has 0 bridgehead atoms. The third-order valence-corrected chi connectivity index (χ3v) is 25.5. The molecule has 0 atom stereocenters. The van der Waals surface area contributed by atoms with E-state index in [-0.39, 0.29) is 9.75 Å². The summed E-state index contributed by atoms with van der Waals surface area (Å²) in [6, 6.07) is 2.34. The molecule has 0 aliphatic carbocycles. The summed E-state index contributed by atoms with van der Waals surface area (Å²) in [6.45, 7) is 14.0. The fourth-order valence-electron chi connectivity index (χ4n) is 3.87. The number of thiophene rings is 1. The molecule has 1 aromatic heterocycles. The Kier molecular flexibility index (Phi) is 31.1. The van der Waals surface area contributed by atoms with Crippen molar-refractivity contribution in [3.8, 4) is 0 Å². The van der Waals surface area contributed by atoms with E-state index in [1.165, 1.54) is 89.2 Å². The van der Waals surface area contributed by atoms with Crippen molar-refractivity contribution in [2.24, 2.45) is 0 Å². The SMILES string of the molecule is CCC[CH2][Sn+]([CH2]CCC)[CH2]CCC.CCC[CH2][Sn+]([CH2]CCC)[CH2]CCC.O=C([O-])c1ccc(C(=O)[O-])s1. The zero-order valence-electron chi connectivity index (χ0n) is 24.9. The van der Waals surface area contributed by atoms with Crippen molar-refractivity contribution < 1.29 is 19.8 Å². The first-order chi connectivity index (χ1) is 17.8. The molecule has 37 heavy (non-hydrogen) atoms. The predicted molar refractivity (Wildman–Crippen MR) is 163 cm³/mol. The molecule has 7 heteroatoms. The summed E-state index contributed by atoms with van der Waals surface area (Å²) in [5.41, 5.74) is 0. The van der Waals surface area contributed by atoms with Crippen LogP contribution in [0, 0.1) is 0 Å². The van der Waals surface area contributed by atoms with E-state index in [0.717, 1.165) is 0 Å². The number of aromatic carboxylic acids is 2. The number of hydrogen-bond acceptors (Lipinski definition) is 5. The van der Waals surface area contributed by atoms with Gasteiger partial charge in [-0.05, 0) is 12.1 Å². The minimum Gasteiger partial charge on any atom is -0.544 e. The molecule has 0 saturated carbocycles. The second kappa shape index (κ2) is 29.2. The Balaban J connectivity index is 0. The molecular formula is C30H56O4SSn2. The van der Waals surface area contributed by atoms with Crippen LogP contribution in [0.3, 0.4) is 0 Å². The Bertz CT molecular complexity index is 561. The third kappa shape index (κ3) is 25.0. The standard InChI is InChI=1S/C6H4O4S.6C4H9.2Sn/c7-5(8)3-1-2-4(11-3)6(9)10;6*1-3-4-2;;/h1-2H,(H,7,8)(H,9,10);6*1,3-4H2,2H3;;/q;;;;;;;2*+1/p-2. The maximum Gasteiger partial charge on any atom is 0.0815 e. The van der Waals surface area contributed by atoms with E-state index in [1.807, 2.05) is 0 Å². The van der Waals surface area contributed by atoms with Gasteiger partial charge in [0.05, 0.1) is 21.7 Å². The van der Waals surface area contributed by atoms with E-state index in [2.05, 4.69) is 41.5 Å². The molecule has 0 radical (unpaired) electrons. The van der Waals surface area contributed by atoms with E-state index in [4.69, 9.17) is 0 Å². The number of carboxylic acid groups (broad SMARTS) is 2. The third-order valence-electron chi connectivity index (χ3n) is 6.31. The molecule has 0 fully saturated rings. The summed E-state index contributed by atoms with van der Waals surface area (Å²) in [6.07, 6.45) is 17.7. The quantitative estimate of drug-likeness (QED) is 0.126. The van der Waals surface area contributed by atoms with E-state index in [0.29, 0.717) is 11.3 Å². The monoisotopic (exact) mass is 752 g/mol. The molecule has 1 heterocycles. The molecule has 214 valence electrons. The average molecular weight is 750 g/mol. The molecule has 0 amide bonds. The van der Waals surface area contributed by atoms with Gasteiger partial charge in [-0.1, -0.05) is 0 Å². The van der Waals surface area contributed by atoms with Gasteiger partial charge < -0.3 is 19.8 Å². The van der Waals surface area contributed by atoms with Crippen LogP contribution in [0.2, 0.25) is 26.6 Å². The average Bonchev–Trinajstić information content (AvgIpc) is 3.40. The molecule has 0 aliphatic heterocycles. The summed E-state index contributed by atoms with van der Waals surface area (Å²) in [7, 11) is 0. The van der Waals surface area contributed by atoms with Crippen LogP contribution in [0.5, 0.6) is 0 Å². The summed E-state index contributed by atoms with van der Waals surface area (Å²) in [4.78, 5) is 20.0. The molecule has 1 aromatic rings. The van der Waals surface area contributed by atoms with Crippen LogP contribution in [0.4, 0.5) is 0 Å². The van der Waals surface area contributed by atoms with Gasteiger partial charge in [-0.25, -0.2) is 0 Å². The van der Waals surface area contributed by atoms with Gasteiger partial charge in [0.25, 0.3) is 0 Å². The molecule has 0 aromatic carbocycles. The van der Waals surface area contributed by atoms with Crippen LogP contribution < -0.4 is 10.2 Å². The van der Waals surface area contributed by atoms with E-state index < -0.39 is 51.5 Å². The zero-order valence-corrected chi connectivity index (χ0v) is 31.4. The number of rotatable bonds is 20. The van der Waals surface area contributed by atoms with Crippen molar-refractivity contribution >= 4 is 62.8 Å². The Labute approximate surface area is 247 Å². The first-order valence-corrected chi connectivity index (χ1v) is 27.9. The molecule has 0 saturated heterocycles. The van der Waals surface area contributed by atoms with Crippen LogP contribution in [-0.4, -0.2) is 51.5 Å². The van der Waals surface area contributed by atoms with Gasteiger partial charge in [-0.2, -0.15) is 0 Å². The van der Waals surface area contributed by atoms with Crippen LogP contribution in [0.1, 0.15) is 138 Å². The van der Waals surface area contributed by atoms with Crippen LogP contribution in [0.25, 0.3) is 0 Å². The van der Waals surface area contributed by atoms with Crippen molar-refractivity contribution in [3.05, 3.63) is 21.9 Å². The smallest absolute Gasteiger partial charge is 0.0815 e. The van der Waals surface area contributed by atoms with Gasteiger partial charge in [-0.3, -0.25) is 0 Å². The van der Waals surface area contributed by atoms with Crippen molar-refractivity contribution in [1.29, 1.82) is 0 Å². The summed E-state index contributed by atoms with van der Waals surface area (Å²) in [5, 5.41) is 20.2. The minimum atomic E-state index is -1.37. The van der Waals surface area contributed by atoms with Crippen molar-refractivity contribution in [3.63, 3.8) is 0 Å². The molecule has 0 N–H and O–H groups in total. The Morgan fingerprint density at radius 3 is 0.892 bits per heavy atom. The number of carboxylic acids is 2. The van der Waals surface area contributed by atoms with Gasteiger partial charge in [0.1, 0.15) is 0 Å². The molecule has 1 rings (SSSR count). The molecule has 0 aliphatic rings.